The van der Waals surface area contributed by atoms with Crippen LogP contribution in [-0.4, -0.2) is 133 Å². The van der Waals surface area contributed by atoms with Crippen molar-refractivity contribution in [3.05, 3.63) is 81.7 Å². The summed E-state index contributed by atoms with van der Waals surface area (Å²) >= 11 is 0. The number of pyridine rings is 1. The van der Waals surface area contributed by atoms with Gasteiger partial charge in [0, 0.05) is 54.4 Å². The maximum absolute atomic E-state index is 14.0. The van der Waals surface area contributed by atoms with E-state index in [0.29, 0.717) is 18.5 Å². The number of aromatic nitrogens is 1. The van der Waals surface area contributed by atoms with Crippen LogP contribution in [0.4, 0.5) is 0 Å². The second kappa shape index (κ2) is 16.5. The summed E-state index contributed by atoms with van der Waals surface area (Å²) in [5, 5.41) is 61.3. The van der Waals surface area contributed by atoms with Crippen LogP contribution in [0.15, 0.2) is 42.6 Å². The first-order chi connectivity index (χ1) is 28.2. The van der Waals surface area contributed by atoms with Crippen molar-refractivity contribution in [2.45, 2.75) is 87.7 Å². The molecule has 0 bridgehead atoms. The van der Waals surface area contributed by atoms with Gasteiger partial charge in [0.15, 0.2) is 17.9 Å². The normalized spacial score (nSPS) is 26.0. The minimum absolute atomic E-state index is 0.0326. The highest BCUT2D eigenvalue weighted by Crippen LogP contribution is 2.52. The number of hydrogen-bond donors (Lipinski definition) is 7. The standard InChI is InChI=1S/C41H44N4O14/c1-19-35(50)23(44-40(55)24-9-6-12-45(24)29(49)17-43-28(48)13-20-7-3-4-11-42-20)14-30(58-19)59-26-16-41(56,27(47)18-46)15-22-32(26)39(54)34-33(37(22)52)36(51)21-8-5-10-25(57-2)31(21)38(34)53/h3-5,7-8,10-11,19,23-24,26,30,35,46,50,52,54,56H,6,9,12-18H2,1-2H3,(H,43,48)(H,44,55)/t19-,23-,24-,26-,30+,35+,41-/m0/s1. The predicted molar refractivity (Wildman–Crippen MR) is 201 cm³/mol. The van der Waals surface area contributed by atoms with Crippen molar-refractivity contribution in [1.29, 1.82) is 0 Å². The molecule has 2 aromatic carbocycles. The van der Waals surface area contributed by atoms with E-state index < -0.39 is 119 Å². The van der Waals surface area contributed by atoms with Crippen LogP contribution in [0.2, 0.25) is 0 Å². The molecule has 7 rings (SSSR count). The number of methoxy groups -OCH3 is 1. The number of benzene rings is 2. The van der Waals surface area contributed by atoms with Gasteiger partial charge in [-0.05, 0) is 38.0 Å². The van der Waals surface area contributed by atoms with E-state index in [4.69, 9.17) is 14.2 Å². The number of nitrogens with zero attached hydrogens (tertiary/aromatic N) is 2. The number of phenols is 2. The van der Waals surface area contributed by atoms with Crippen LogP contribution in [0, 0.1) is 0 Å². The summed E-state index contributed by atoms with van der Waals surface area (Å²) in [6.07, 6.45) is -4.23. The van der Waals surface area contributed by atoms with Crippen LogP contribution in [0.3, 0.4) is 0 Å². The van der Waals surface area contributed by atoms with Gasteiger partial charge >= 0.3 is 0 Å². The number of amides is 3. The zero-order valence-electron chi connectivity index (χ0n) is 32.2. The number of Topliss-reactive ketones (excluding diaryl/α,β-unsaturated/α-hetero) is 1. The first-order valence-corrected chi connectivity index (χ1v) is 19.2. The number of nitrogens with one attached hydrogen (secondary N) is 2. The summed E-state index contributed by atoms with van der Waals surface area (Å²) in [6, 6.07) is 7.47. The minimum atomic E-state index is -2.38. The van der Waals surface area contributed by atoms with Crippen molar-refractivity contribution in [3.8, 4) is 17.2 Å². The van der Waals surface area contributed by atoms with Gasteiger partial charge in [0.25, 0.3) is 0 Å². The molecule has 312 valence electrons. The van der Waals surface area contributed by atoms with Crippen LogP contribution in [-0.2, 0) is 41.5 Å². The lowest BCUT2D eigenvalue weighted by Crippen LogP contribution is -2.58. The molecular formula is C41H44N4O14. The first kappa shape index (κ1) is 41.4. The monoisotopic (exact) mass is 816 g/mol. The maximum Gasteiger partial charge on any atom is 0.243 e. The lowest BCUT2D eigenvalue weighted by Gasteiger charge is -2.43. The number of fused-ring (bicyclic) bond motifs is 3. The zero-order valence-corrected chi connectivity index (χ0v) is 32.2. The van der Waals surface area contributed by atoms with E-state index in [1.165, 1.54) is 37.1 Å². The van der Waals surface area contributed by atoms with Gasteiger partial charge in [-0.3, -0.25) is 33.8 Å². The Morgan fingerprint density at radius 1 is 1.03 bits per heavy atom. The molecule has 1 aromatic heterocycles. The van der Waals surface area contributed by atoms with Crippen LogP contribution in [0.5, 0.6) is 17.2 Å². The third-order valence-corrected chi connectivity index (χ3v) is 11.5. The molecule has 59 heavy (non-hydrogen) atoms. The lowest BCUT2D eigenvalue weighted by atomic mass is 9.72. The lowest BCUT2D eigenvalue weighted by molar-refractivity contribution is -0.249. The Hall–Kier alpha value is -5.79. The number of aliphatic hydroxyl groups is 3. The third-order valence-electron chi connectivity index (χ3n) is 11.5. The molecule has 0 spiro atoms. The molecule has 4 aliphatic rings. The SMILES string of the molecule is COc1cccc2c1C(=O)c1c(O)c3c(c(O)c1C2=O)C[C@@](O)(C(=O)CO)C[C@@H]3O[C@@H]1C[C@H](NC(=O)[C@@H]2CCCN2C(=O)CNC(=O)Cc2ccccn2)[C@H](O)[C@H](C)O1. The highest BCUT2D eigenvalue weighted by molar-refractivity contribution is 6.31. The molecule has 0 unspecified atom stereocenters. The molecule has 3 aromatic rings. The fraction of sp³-hybridized carbons (Fsp3) is 0.439. The molecule has 2 aliphatic heterocycles. The van der Waals surface area contributed by atoms with Gasteiger partial charge in [0.05, 0.1) is 55.0 Å². The number of phenolic OH excluding ortho intramolecular Hbond substituents is 2. The van der Waals surface area contributed by atoms with Crippen LogP contribution >= 0.6 is 0 Å². The van der Waals surface area contributed by atoms with Crippen molar-refractivity contribution in [1.82, 2.24) is 20.5 Å². The first-order valence-electron chi connectivity index (χ1n) is 19.2. The fourth-order valence-corrected chi connectivity index (χ4v) is 8.48. The number of carbonyl (C=O) groups excluding carboxylic acids is 6. The Kier molecular flexibility index (Phi) is 11.5. The molecule has 2 saturated heterocycles. The summed E-state index contributed by atoms with van der Waals surface area (Å²) in [5.74, 6) is -5.67. The number of ketones is 3. The quantitative estimate of drug-likeness (QED) is 0.0975. The Balaban J connectivity index is 1.11. The third kappa shape index (κ3) is 7.65. The molecular weight excluding hydrogens is 772 g/mol. The number of hydrogen-bond acceptors (Lipinski definition) is 15. The van der Waals surface area contributed by atoms with Crippen molar-refractivity contribution < 1.29 is 68.5 Å². The number of carbonyl (C=O) groups is 6. The molecule has 0 saturated carbocycles. The average molecular weight is 817 g/mol. The molecule has 7 N–H and O–H groups in total. The average Bonchev–Trinajstić information content (AvgIpc) is 3.72. The second-order valence-corrected chi connectivity index (χ2v) is 15.1. The van der Waals surface area contributed by atoms with Crippen LogP contribution < -0.4 is 15.4 Å². The number of ether oxygens (including phenoxy) is 3. The molecule has 2 aliphatic carbocycles. The number of aromatic hydroxyl groups is 2. The summed E-state index contributed by atoms with van der Waals surface area (Å²) in [4.78, 5) is 85.6. The van der Waals surface area contributed by atoms with E-state index in [9.17, 15) is 54.3 Å². The Morgan fingerprint density at radius 2 is 1.80 bits per heavy atom. The van der Waals surface area contributed by atoms with Gasteiger partial charge < -0.3 is 55.3 Å². The van der Waals surface area contributed by atoms with Gasteiger partial charge in [0.2, 0.25) is 23.5 Å². The van der Waals surface area contributed by atoms with E-state index in [1.54, 1.807) is 24.4 Å². The smallest absolute Gasteiger partial charge is 0.243 e. The highest BCUT2D eigenvalue weighted by atomic mass is 16.7. The maximum atomic E-state index is 14.0. The molecule has 2 fully saturated rings. The molecule has 7 atom stereocenters. The largest absolute Gasteiger partial charge is 0.507 e. The summed E-state index contributed by atoms with van der Waals surface area (Å²) in [5.41, 5.74) is -3.69. The van der Waals surface area contributed by atoms with Crippen molar-refractivity contribution in [2.24, 2.45) is 0 Å². The van der Waals surface area contributed by atoms with Gasteiger partial charge in [-0.25, -0.2) is 0 Å². The summed E-state index contributed by atoms with van der Waals surface area (Å²) in [7, 11) is 1.30. The van der Waals surface area contributed by atoms with E-state index >= 15 is 0 Å². The van der Waals surface area contributed by atoms with Crippen molar-refractivity contribution >= 4 is 35.1 Å². The van der Waals surface area contributed by atoms with Gasteiger partial charge in [0.1, 0.15) is 41.6 Å². The summed E-state index contributed by atoms with van der Waals surface area (Å²) in [6.45, 7) is 0.320. The number of aliphatic hydroxyl groups excluding tert-OH is 2. The predicted octanol–water partition coefficient (Wildman–Crippen LogP) is -0.0963. The topological polar surface area (TPSA) is 271 Å². The zero-order chi connectivity index (χ0) is 42.3. The Bertz CT molecular complexity index is 2220. The van der Waals surface area contributed by atoms with E-state index in [-0.39, 0.29) is 53.9 Å². The van der Waals surface area contributed by atoms with Crippen LogP contribution in [0.25, 0.3) is 0 Å². The highest BCUT2D eigenvalue weighted by Gasteiger charge is 2.50. The van der Waals surface area contributed by atoms with E-state index in [2.05, 4.69) is 15.6 Å². The van der Waals surface area contributed by atoms with Gasteiger partial charge in [-0.2, -0.15) is 0 Å². The molecule has 18 heteroatoms. The Labute approximate surface area is 337 Å². The molecule has 3 heterocycles. The molecule has 0 radical (unpaired) electrons. The molecule has 3 amide bonds. The van der Waals surface area contributed by atoms with Crippen molar-refractivity contribution in [3.63, 3.8) is 0 Å². The van der Waals surface area contributed by atoms with Crippen molar-refractivity contribution in [2.75, 3.05) is 26.8 Å². The van der Waals surface area contributed by atoms with Gasteiger partial charge in [-0.15, -0.1) is 0 Å². The van der Waals surface area contributed by atoms with E-state index in [1.807, 2.05) is 0 Å². The summed E-state index contributed by atoms with van der Waals surface area (Å²) < 4.78 is 17.5. The molecule has 18 nitrogen and oxygen atoms in total. The number of likely N-dealkylation sites (tertiary alicyclic amines) is 1. The van der Waals surface area contributed by atoms with E-state index in [0.717, 1.165) is 0 Å². The second-order valence-electron chi connectivity index (χ2n) is 15.1. The Morgan fingerprint density at radius 3 is 2.51 bits per heavy atom. The minimum Gasteiger partial charge on any atom is -0.507 e. The number of rotatable bonds is 11. The fourth-order valence-electron chi connectivity index (χ4n) is 8.48. The van der Waals surface area contributed by atoms with Crippen LogP contribution in [0.1, 0.15) is 87.4 Å². The van der Waals surface area contributed by atoms with Gasteiger partial charge in [-0.1, -0.05) is 18.2 Å².